The van der Waals surface area contributed by atoms with E-state index in [4.69, 9.17) is 16.0 Å². The van der Waals surface area contributed by atoms with Gasteiger partial charge in [-0.25, -0.2) is 0 Å². The van der Waals surface area contributed by atoms with Crippen molar-refractivity contribution >= 4 is 28.5 Å². The maximum atomic E-state index is 12.3. The molecular weight excluding hydrogens is 298 g/mol. The molecule has 112 valence electrons. The molecular formula is C18H16ClNO2. The number of hydrogen-bond donors (Lipinski definition) is 1. The Morgan fingerprint density at radius 3 is 2.64 bits per heavy atom. The standard InChI is InChI=1S/C18H16ClNO2/c1-11-8-16-14(9-15(11)19)12(2)17(22-16)18(21)20-10-13-6-4-3-5-7-13/h3-9H,10H2,1-2H3,(H,20,21). The fraction of sp³-hybridized carbons (Fsp3) is 0.167. The summed E-state index contributed by atoms with van der Waals surface area (Å²) >= 11 is 6.15. The van der Waals surface area contributed by atoms with Crippen molar-refractivity contribution in [1.82, 2.24) is 5.32 Å². The van der Waals surface area contributed by atoms with E-state index in [0.717, 1.165) is 22.1 Å². The number of aryl methyl sites for hydroxylation is 2. The Morgan fingerprint density at radius 1 is 1.18 bits per heavy atom. The fourth-order valence-corrected chi connectivity index (χ4v) is 2.58. The molecule has 1 N–H and O–H groups in total. The molecule has 0 bridgehead atoms. The molecule has 0 aliphatic carbocycles. The van der Waals surface area contributed by atoms with Crippen LogP contribution in [0.1, 0.15) is 27.2 Å². The Hall–Kier alpha value is -2.26. The number of halogens is 1. The Labute approximate surface area is 133 Å². The second-order valence-electron chi connectivity index (χ2n) is 5.32. The van der Waals surface area contributed by atoms with Crippen LogP contribution in [0.15, 0.2) is 46.9 Å². The van der Waals surface area contributed by atoms with Crippen molar-refractivity contribution < 1.29 is 9.21 Å². The first-order valence-electron chi connectivity index (χ1n) is 7.07. The summed E-state index contributed by atoms with van der Waals surface area (Å²) in [5.74, 6) is 0.124. The summed E-state index contributed by atoms with van der Waals surface area (Å²) in [6.45, 7) is 4.25. The van der Waals surface area contributed by atoms with Crippen molar-refractivity contribution in [3.63, 3.8) is 0 Å². The topological polar surface area (TPSA) is 42.2 Å². The van der Waals surface area contributed by atoms with Crippen molar-refractivity contribution in [1.29, 1.82) is 0 Å². The van der Waals surface area contributed by atoms with Gasteiger partial charge in [0.2, 0.25) is 0 Å². The summed E-state index contributed by atoms with van der Waals surface area (Å²) in [6, 6.07) is 13.5. The SMILES string of the molecule is Cc1cc2oc(C(=O)NCc3ccccc3)c(C)c2cc1Cl. The first-order chi connectivity index (χ1) is 10.6. The van der Waals surface area contributed by atoms with Crippen LogP contribution in [0.3, 0.4) is 0 Å². The third-order valence-corrected chi connectivity index (χ3v) is 4.13. The maximum Gasteiger partial charge on any atom is 0.287 e. The predicted octanol–water partition coefficient (Wildman–Crippen LogP) is 4.63. The molecule has 22 heavy (non-hydrogen) atoms. The van der Waals surface area contributed by atoms with Crippen LogP contribution < -0.4 is 5.32 Å². The molecule has 3 nitrogen and oxygen atoms in total. The van der Waals surface area contributed by atoms with Gasteiger partial charge in [-0.3, -0.25) is 4.79 Å². The van der Waals surface area contributed by atoms with E-state index in [1.54, 1.807) is 0 Å². The van der Waals surface area contributed by atoms with Crippen LogP contribution in [0.4, 0.5) is 0 Å². The molecule has 3 aromatic rings. The van der Waals surface area contributed by atoms with Crippen LogP contribution >= 0.6 is 11.6 Å². The highest BCUT2D eigenvalue weighted by Gasteiger charge is 2.18. The first-order valence-corrected chi connectivity index (χ1v) is 7.45. The lowest BCUT2D eigenvalue weighted by Crippen LogP contribution is -2.22. The molecule has 0 saturated carbocycles. The van der Waals surface area contributed by atoms with E-state index >= 15 is 0 Å². The molecule has 0 aliphatic heterocycles. The number of rotatable bonds is 3. The largest absolute Gasteiger partial charge is 0.451 e. The first kappa shape index (κ1) is 14.7. The van der Waals surface area contributed by atoms with Gasteiger partial charge in [0, 0.05) is 22.5 Å². The highest BCUT2D eigenvalue weighted by molar-refractivity contribution is 6.32. The number of nitrogens with one attached hydrogen (secondary N) is 1. The van der Waals surface area contributed by atoms with Gasteiger partial charge in [-0.05, 0) is 37.1 Å². The van der Waals surface area contributed by atoms with Crippen molar-refractivity contribution in [2.24, 2.45) is 0 Å². The van der Waals surface area contributed by atoms with Crippen LogP contribution in [-0.2, 0) is 6.54 Å². The second kappa shape index (κ2) is 5.85. The number of fused-ring (bicyclic) bond motifs is 1. The predicted molar refractivity (Wildman–Crippen MR) is 88.3 cm³/mol. The van der Waals surface area contributed by atoms with Crippen molar-refractivity contribution in [3.8, 4) is 0 Å². The van der Waals surface area contributed by atoms with E-state index in [-0.39, 0.29) is 5.91 Å². The third-order valence-electron chi connectivity index (χ3n) is 3.72. The summed E-state index contributed by atoms with van der Waals surface area (Å²) < 4.78 is 5.71. The zero-order chi connectivity index (χ0) is 15.7. The summed E-state index contributed by atoms with van der Waals surface area (Å²) in [5, 5.41) is 4.43. The summed E-state index contributed by atoms with van der Waals surface area (Å²) in [7, 11) is 0. The minimum absolute atomic E-state index is 0.216. The van der Waals surface area contributed by atoms with E-state index in [9.17, 15) is 4.79 Å². The number of carbonyl (C=O) groups excluding carboxylic acids is 1. The van der Waals surface area contributed by atoms with Crippen molar-refractivity contribution in [2.75, 3.05) is 0 Å². The molecule has 2 aromatic carbocycles. The second-order valence-corrected chi connectivity index (χ2v) is 5.73. The molecule has 1 aromatic heterocycles. The molecule has 3 rings (SSSR count). The van der Waals surface area contributed by atoms with Crippen LogP contribution in [-0.4, -0.2) is 5.91 Å². The van der Waals surface area contributed by atoms with Crippen LogP contribution in [0.5, 0.6) is 0 Å². The van der Waals surface area contributed by atoms with Gasteiger partial charge in [0.25, 0.3) is 5.91 Å². The van der Waals surface area contributed by atoms with Crippen LogP contribution in [0.2, 0.25) is 5.02 Å². The quantitative estimate of drug-likeness (QED) is 0.765. The lowest BCUT2D eigenvalue weighted by atomic mass is 10.1. The van der Waals surface area contributed by atoms with E-state index in [2.05, 4.69) is 5.32 Å². The lowest BCUT2D eigenvalue weighted by Gasteiger charge is -2.03. The Balaban J connectivity index is 1.86. The fourth-order valence-electron chi connectivity index (χ4n) is 2.42. The third kappa shape index (κ3) is 2.72. The van der Waals surface area contributed by atoms with Gasteiger partial charge in [0.05, 0.1) is 0 Å². The van der Waals surface area contributed by atoms with E-state index < -0.39 is 0 Å². The molecule has 0 aliphatic rings. The number of amides is 1. The maximum absolute atomic E-state index is 12.3. The summed E-state index contributed by atoms with van der Waals surface area (Å²) in [4.78, 5) is 12.3. The van der Waals surface area contributed by atoms with E-state index in [0.29, 0.717) is 22.9 Å². The lowest BCUT2D eigenvalue weighted by molar-refractivity contribution is 0.0924. The van der Waals surface area contributed by atoms with Gasteiger partial charge in [-0.15, -0.1) is 0 Å². The molecule has 0 unspecified atom stereocenters. The van der Waals surface area contributed by atoms with E-state index in [1.165, 1.54) is 0 Å². The monoisotopic (exact) mass is 313 g/mol. The minimum Gasteiger partial charge on any atom is -0.451 e. The molecule has 0 fully saturated rings. The highest BCUT2D eigenvalue weighted by atomic mass is 35.5. The molecule has 4 heteroatoms. The molecule has 0 atom stereocenters. The zero-order valence-corrected chi connectivity index (χ0v) is 13.2. The summed E-state index contributed by atoms with van der Waals surface area (Å²) in [5.41, 5.74) is 3.47. The van der Waals surface area contributed by atoms with Crippen LogP contribution in [0, 0.1) is 13.8 Å². The van der Waals surface area contributed by atoms with Gasteiger partial charge in [-0.1, -0.05) is 41.9 Å². The van der Waals surface area contributed by atoms with Gasteiger partial charge in [0.1, 0.15) is 5.58 Å². The number of benzene rings is 2. The highest BCUT2D eigenvalue weighted by Crippen LogP contribution is 2.30. The molecule has 0 saturated heterocycles. The number of hydrogen-bond acceptors (Lipinski definition) is 2. The molecule has 1 heterocycles. The van der Waals surface area contributed by atoms with Gasteiger partial charge in [-0.2, -0.15) is 0 Å². The van der Waals surface area contributed by atoms with E-state index in [1.807, 2.05) is 56.3 Å². The normalized spacial score (nSPS) is 10.9. The Bertz CT molecular complexity index is 837. The van der Waals surface area contributed by atoms with Gasteiger partial charge < -0.3 is 9.73 Å². The van der Waals surface area contributed by atoms with Crippen LogP contribution in [0.25, 0.3) is 11.0 Å². The summed E-state index contributed by atoms with van der Waals surface area (Å²) in [6.07, 6.45) is 0. The molecule has 0 spiro atoms. The Kier molecular flexibility index (Phi) is 3.90. The smallest absolute Gasteiger partial charge is 0.287 e. The van der Waals surface area contributed by atoms with Gasteiger partial charge in [0.15, 0.2) is 5.76 Å². The number of carbonyl (C=O) groups is 1. The average molecular weight is 314 g/mol. The molecule has 0 radical (unpaired) electrons. The van der Waals surface area contributed by atoms with Crippen molar-refractivity contribution in [2.45, 2.75) is 20.4 Å². The Morgan fingerprint density at radius 2 is 1.91 bits per heavy atom. The minimum atomic E-state index is -0.216. The zero-order valence-electron chi connectivity index (χ0n) is 12.4. The number of furan rings is 1. The average Bonchev–Trinajstić information content (AvgIpc) is 2.83. The van der Waals surface area contributed by atoms with Crippen molar-refractivity contribution in [3.05, 3.63) is 69.9 Å². The molecule has 1 amide bonds. The van der Waals surface area contributed by atoms with Gasteiger partial charge >= 0.3 is 0 Å².